The molecular weight excluding hydrogens is 286 g/mol. The van der Waals surface area contributed by atoms with Crippen LogP contribution in [0.3, 0.4) is 0 Å². The van der Waals surface area contributed by atoms with Crippen molar-refractivity contribution in [1.82, 2.24) is 0 Å². The van der Waals surface area contributed by atoms with Crippen LogP contribution in [0.15, 0.2) is 59.6 Å². The van der Waals surface area contributed by atoms with Crippen LogP contribution in [0.25, 0.3) is 10.8 Å². The van der Waals surface area contributed by atoms with E-state index in [0.29, 0.717) is 11.3 Å². The smallest absolute Gasteiger partial charge is 0.141 e. The molecule has 23 heavy (non-hydrogen) atoms. The molecule has 0 heterocycles. The molecule has 0 unspecified atom stereocenters. The summed E-state index contributed by atoms with van der Waals surface area (Å²) in [5, 5.41) is 22.1. The summed E-state index contributed by atoms with van der Waals surface area (Å²) in [6.45, 7) is 2.12. The number of aromatic hydroxyl groups is 2. The van der Waals surface area contributed by atoms with Crippen molar-refractivity contribution in [3.63, 3.8) is 0 Å². The molecule has 0 saturated heterocycles. The van der Waals surface area contributed by atoms with Crippen LogP contribution in [0.4, 0.5) is 5.69 Å². The molecule has 3 aromatic carbocycles. The Kier molecular flexibility index (Phi) is 4.29. The minimum absolute atomic E-state index is 0.140. The fraction of sp³-hybridized carbons (Fsp3) is 0.150. The Morgan fingerprint density at radius 1 is 0.957 bits per heavy atom. The first-order valence-electron chi connectivity index (χ1n) is 7.75. The predicted molar refractivity (Wildman–Crippen MR) is 95.0 cm³/mol. The highest BCUT2D eigenvalue weighted by molar-refractivity contribution is 6.03. The van der Waals surface area contributed by atoms with E-state index >= 15 is 0 Å². The maximum Gasteiger partial charge on any atom is 0.141 e. The average Bonchev–Trinajstić information content (AvgIpc) is 2.57. The molecule has 116 valence electrons. The molecule has 0 radical (unpaired) electrons. The monoisotopic (exact) mass is 305 g/mol. The van der Waals surface area contributed by atoms with Gasteiger partial charge in [0.1, 0.15) is 17.2 Å². The molecule has 3 heteroatoms. The topological polar surface area (TPSA) is 52.8 Å². The summed E-state index contributed by atoms with van der Waals surface area (Å²) in [6.07, 6.45) is 3.60. The van der Waals surface area contributed by atoms with Gasteiger partial charge in [-0.15, -0.1) is 0 Å². The molecule has 0 aromatic heterocycles. The molecule has 3 nitrogen and oxygen atoms in total. The summed E-state index contributed by atoms with van der Waals surface area (Å²) in [6, 6.07) is 16.8. The van der Waals surface area contributed by atoms with Crippen molar-refractivity contribution >= 4 is 22.7 Å². The van der Waals surface area contributed by atoms with Gasteiger partial charge in [-0.2, -0.15) is 0 Å². The lowest BCUT2D eigenvalue weighted by molar-refractivity contribution is 0.474. The van der Waals surface area contributed by atoms with Crippen molar-refractivity contribution in [2.75, 3.05) is 0 Å². The summed E-state index contributed by atoms with van der Waals surface area (Å²) in [5.74, 6) is 0.317. The highest BCUT2D eigenvalue weighted by atomic mass is 16.3. The van der Waals surface area contributed by atoms with Gasteiger partial charge in [-0.05, 0) is 41.0 Å². The fourth-order valence-corrected chi connectivity index (χ4v) is 2.67. The standard InChI is InChI=1S/C20H19NO2/c1-2-5-14-8-10-20(23)18(12-14)21-13-17-16-7-4-3-6-15(16)9-11-19(17)22/h3-4,6-13,22-23H,2,5H2,1H3. The number of aryl methyl sites for hydroxylation is 1. The highest BCUT2D eigenvalue weighted by Gasteiger charge is 2.06. The molecule has 0 amide bonds. The van der Waals surface area contributed by atoms with E-state index in [1.54, 1.807) is 18.3 Å². The van der Waals surface area contributed by atoms with Crippen molar-refractivity contribution in [1.29, 1.82) is 0 Å². The second kappa shape index (κ2) is 6.53. The zero-order valence-electron chi connectivity index (χ0n) is 13.0. The van der Waals surface area contributed by atoms with Crippen LogP contribution in [-0.2, 0) is 6.42 Å². The van der Waals surface area contributed by atoms with Gasteiger partial charge >= 0.3 is 0 Å². The summed E-state index contributed by atoms with van der Waals surface area (Å²) in [5.41, 5.74) is 2.31. The van der Waals surface area contributed by atoms with Crippen LogP contribution >= 0.6 is 0 Å². The quantitative estimate of drug-likeness (QED) is 0.670. The van der Waals surface area contributed by atoms with Gasteiger partial charge in [-0.3, -0.25) is 4.99 Å². The zero-order valence-corrected chi connectivity index (χ0v) is 13.0. The van der Waals surface area contributed by atoms with Crippen LogP contribution in [0.5, 0.6) is 11.5 Å². The Morgan fingerprint density at radius 2 is 1.74 bits per heavy atom. The minimum Gasteiger partial charge on any atom is -0.507 e. The summed E-state index contributed by atoms with van der Waals surface area (Å²) < 4.78 is 0. The van der Waals surface area contributed by atoms with E-state index in [0.717, 1.165) is 29.2 Å². The number of phenols is 2. The van der Waals surface area contributed by atoms with E-state index in [-0.39, 0.29) is 11.5 Å². The normalized spacial score (nSPS) is 11.3. The van der Waals surface area contributed by atoms with E-state index in [1.165, 1.54) is 0 Å². The summed E-state index contributed by atoms with van der Waals surface area (Å²) in [7, 11) is 0. The third-order valence-corrected chi connectivity index (χ3v) is 3.86. The lowest BCUT2D eigenvalue weighted by Gasteiger charge is -2.06. The van der Waals surface area contributed by atoms with Crippen molar-refractivity contribution < 1.29 is 10.2 Å². The van der Waals surface area contributed by atoms with Gasteiger partial charge in [0.2, 0.25) is 0 Å². The molecule has 0 fully saturated rings. The molecule has 2 N–H and O–H groups in total. The molecule has 0 aliphatic carbocycles. The highest BCUT2D eigenvalue weighted by Crippen LogP contribution is 2.30. The molecule has 0 saturated carbocycles. The van der Waals surface area contributed by atoms with E-state index in [4.69, 9.17) is 0 Å². The fourth-order valence-electron chi connectivity index (χ4n) is 2.67. The molecule has 0 bridgehead atoms. The number of benzene rings is 3. The van der Waals surface area contributed by atoms with E-state index in [9.17, 15) is 10.2 Å². The largest absolute Gasteiger partial charge is 0.507 e. The number of rotatable bonds is 4. The first-order valence-corrected chi connectivity index (χ1v) is 7.75. The molecule has 3 rings (SSSR count). The molecule has 0 aliphatic rings. The van der Waals surface area contributed by atoms with Gasteiger partial charge in [0.05, 0.1) is 0 Å². The number of aliphatic imine (C=N–C) groups is 1. The van der Waals surface area contributed by atoms with Gasteiger partial charge < -0.3 is 10.2 Å². The van der Waals surface area contributed by atoms with Crippen LogP contribution in [0.1, 0.15) is 24.5 Å². The van der Waals surface area contributed by atoms with Gasteiger partial charge in [-0.25, -0.2) is 0 Å². The zero-order chi connectivity index (χ0) is 16.2. The maximum absolute atomic E-state index is 10.1. The first-order chi connectivity index (χ1) is 11.2. The predicted octanol–water partition coefficient (Wildman–Crippen LogP) is 4.95. The third kappa shape index (κ3) is 3.19. The van der Waals surface area contributed by atoms with Crippen molar-refractivity contribution in [3.05, 3.63) is 65.7 Å². The van der Waals surface area contributed by atoms with Crippen molar-refractivity contribution in [2.24, 2.45) is 4.99 Å². The Balaban J connectivity index is 2.04. The minimum atomic E-state index is 0.140. The number of nitrogens with zero attached hydrogens (tertiary/aromatic N) is 1. The lowest BCUT2D eigenvalue weighted by atomic mass is 10.0. The van der Waals surface area contributed by atoms with Gasteiger partial charge in [0, 0.05) is 11.8 Å². The number of hydrogen-bond acceptors (Lipinski definition) is 3. The van der Waals surface area contributed by atoms with Crippen molar-refractivity contribution in [3.8, 4) is 11.5 Å². The third-order valence-electron chi connectivity index (χ3n) is 3.86. The van der Waals surface area contributed by atoms with E-state index in [2.05, 4.69) is 11.9 Å². The molecule has 0 atom stereocenters. The number of hydrogen-bond donors (Lipinski definition) is 2. The lowest BCUT2D eigenvalue weighted by Crippen LogP contribution is -1.87. The van der Waals surface area contributed by atoms with Crippen LogP contribution in [0.2, 0.25) is 0 Å². The van der Waals surface area contributed by atoms with Gasteiger partial charge in [0.15, 0.2) is 0 Å². The first kappa shape index (κ1) is 15.1. The maximum atomic E-state index is 10.1. The van der Waals surface area contributed by atoms with Gasteiger partial charge in [0.25, 0.3) is 0 Å². The summed E-state index contributed by atoms with van der Waals surface area (Å²) >= 11 is 0. The second-order valence-corrected chi connectivity index (χ2v) is 5.55. The van der Waals surface area contributed by atoms with Crippen LogP contribution in [-0.4, -0.2) is 16.4 Å². The molecular formula is C20H19NO2. The Morgan fingerprint density at radius 3 is 2.57 bits per heavy atom. The molecule has 3 aromatic rings. The second-order valence-electron chi connectivity index (χ2n) is 5.55. The Labute approximate surface area is 135 Å². The Bertz CT molecular complexity index is 869. The molecule has 0 aliphatic heterocycles. The average molecular weight is 305 g/mol. The van der Waals surface area contributed by atoms with Crippen molar-refractivity contribution in [2.45, 2.75) is 19.8 Å². The Hall–Kier alpha value is -2.81. The number of phenolic OH excluding ortho intramolecular Hbond substituents is 2. The van der Waals surface area contributed by atoms with Crippen LogP contribution < -0.4 is 0 Å². The van der Waals surface area contributed by atoms with E-state index < -0.39 is 0 Å². The SMILES string of the molecule is CCCc1ccc(O)c(N=Cc2c(O)ccc3ccccc23)c1. The van der Waals surface area contributed by atoms with Crippen LogP contribution in [0, 0.1) is 0 Å². The number of fused-ring (bicyclic) bond motifs is 1. The summed E-state index contributed by atoms with van der Waals surface area (Å²) in [4.78, 5) is 4.39. The molecule has 0 spiro atoms. The van der Waals surface area contributed by atoms with E-state index in [1.807, 2.05) is 42.5 Å². The van der Waals surface area contributed by atoms with Gasteiger partial charge in [-0.1, -0.05) is 49.7 Å².